The van der Waals surface area contributed by atoms with Crippen molar-refractivity contribution in [2.75, 3.05) is 11.9 Å². The third kappa shape index (κ3) is 3.86. The summed E-state index contributed by atoms with van der Waals surface area (Å²) in [6.07, 6.45) is 9.23. The molecule has 1 fully saturated rings. The van der Waals surface area contributed by atoms with Gasteiger partial charge >= 0.3 is 0 Å². The highest BCUT2D eigenvalue weighted by Crippen LogP contribution is 2.33. The molecule has 0 aromatic carbocycles. The number of likely N-dealkylation sites (tertiary alicyclic amines) is 1. The molecule has 0 aliphatic carbocycles. The third-order valence-corrected chi connectivity index (χ3v) is 4.66. The molecular formula is C20H22N6. The summed E-state index contributed by atoms with van der Waals surface area (Å²) in [5.74, 6) is 1.49. The van der Waals surface area contributed by atoms with Crippen molar-refractivity contribution in [3.8, 4) is 0 Å². The number of aryl methyl sites for hydroxylation is 1. The van der Waals surface area contributed by atoms with Crippen LogP contribution in [-0.2, 0) is 6.54 Å². The average Bonchev–Trinajstić information content (AvgIpc) is 3.11. The minimum absolute atomic E-state index is 0.391. The van der Waals surface area contributed by atoms with Gasteiger partial charge in [-0.15, -0.1) is 0 Å². The summed E-state index contributed by atoms with van der Waals surface area (Å²) in [4.78, 5) is 19.9. The van der Waals surface area contributed by atoms with Crippen LogP contribution < -0.4 is 5.32 Å². The number of pyridine rings is 2. The fourth-order valence-corrected chi connectivity index (χ4v) is 3.51. The largest absolute Gasteiger partial charge is 0.324 e. The predicted octanol–water partition coefficient (Wildman–Crippen LogP) is 3.66. The van der Waals surface area contributed by atoms with Gasteiger partial charge in [-0.05, 0) is 56.1 Å². The lowest BCUT2D eigenvalue weighted by atomic mass is 10.1. The van der Waals surface area contributed by atoms with E-state index >= 15 is 0 Å². The van der Waals surface area contributed by atoms with Crippen LogP contribution in [0.4, 0.5) is 11.6 Å². The van der Waals surface area contributed by atoms with E-state index in [4.69, 9.17) is 0 Å². The maximum Gasteiger partial charge on any atom is 0.150 e. The minimum Gasteiger partial charge on any atom is -0.324 e. The molecule has 0 bridgehead atoms. The highest BCUT2D eigenvalue weighted by Gasteiger charge is 2.26. The van der Waals surface area contributed by atoms with Crippen molar-refractivity contribution >= 4 is 11.6 Å². The van der Waals surface area contributed by atoms with Gasteiger partial charge in [-0.1, -0.05) is 6.07 Å². The van der Waals surface area contributed by atoms with Gasteiger partial charge in [-0.25, -0.2) is 9.97 Å². The Hall–Kier alpha value is -2.86. The Bertz CT molecular complexity index is 867. The van der Waals surface area contributed by atoms with Crippen LogP contribution in [0.2, 0.25) is 0 Å². The zero-order valence-corrected chi connectivity index (χ0v) is 14.8. The second-order valence-corrected chi connectivity index (χ2v) is 6.59. The van der Waals surface area contributed by atoms with Crippen molar-refractivity contribution in [2.24, 2.45) is 0 Å². The minimum atomic E-state index is 0.391. The molecule has 3 aromatic heterocycles. The maximum absolute atomic E-state index is 4.66. The van der Waals surface area contributed by atoms with Gasteiger partial charge in [0.2, 0.25) is 0 Å². The Morgan fingerprint density at radius 1 is 1.12 bits per heavy atom. The van der Waals surface area contributed by atoms with Crippen molar-refractivity contribution in [2.45, 2.75) is 32.4 Å². The first-order valence-electron chi connectivity index (χ1n) is 8.93. The van der Waals surface area contributed by atoms with E-state index in [9.17, 15) is 0 Å². The van der Waals surface area contributed by atoms with Gasteiger partial charge in [0.15, 0.2) is 0 Å². The summed E-state index contributed by atoms with van der Waals surface area (Å²) < 4.78 is 0. The van der Waals surface area contributed by atoms with Gasteiger partial charge in [-0.2, -0.15) is 0 Å². The zero-order valence-electron chi connectivity index (χ0n) is 14.8. The maximum atomic E-state index is 4.66. The van der Waals surface area contributed by atoms with E-state index < -0.39 is 0 Å². The van der Waals surface area contributed by atoms with Gasteiger partial charge in [0.1, 0.15) is 11.6 Å². The Balaban J connectivity index is 1.51. The fraction of sp³-hybridized carbons (Fsp3) is 0.300. The first-order chi connectivity index (χ1) is 12.8. The molecule has 1 atom stereocenters. The van der Waals surface area contributed by atoms with E-state index in [1.54, 1.807) is 18.6 Å². The van der Waals surface area contributed by atoms with Gasteiger partial charge in [0.25, 0.3) is 0 Å². The Morgan fingerprint density at radius 2 is 2.04 bits per heavy atom. The smallest absolute Gasteiger partial charge is 0.150 e. The predicted molar refractivity (Wildman–Crippen MR) is 101 cm³/mol. The van der Waals surface area contributed by atoms with E-state index in [-0.39, 0.29) is 0 Å². The van der Waals surface area contributed by atoms with Crippen LogP contribution in [0.1, 0.15) is 35.8 Å². The van der Waals surface area contributed by atoms with Crippen LogP contribution in [0.5, 0.6) is 0 Å². The summed E-state index contributed by atoms with van der Waals surface area (Å²) >= 11 is 0. The molecule has 0 amide bonds. The first kappa shape index (κ1) is 16.6. The first-order valence-corrected chi connectivity index (χ1v) is 8.93. The lowest BCUT2D eigenvalue weighted by Gasteiger charge is -2.25. The van der Waals surface area contributed by atoms with Crippen LogP contribution in [0, 0.1) is 6.92 Å². The van der Waals surface area contributed by atoms with Crippen molar-refractivity contribution in [3.05, 3.63) is 72.1 Å². The van der Waals surface area contributed by atoms with Crippen molar-refractivity contribution in [3.63, 3.8) is 0 Å². The molecule has 3 aromatic rings. The van der Waals surface area contributed by atoms with E-state index in [0.29, 0.717) is 11.9 Å². The van der Waals surface area contributed by atoms with E-state index in [1.807, 2.05) is 19.2 Å². The van der Waals surface area contributed by atoms with Crippen molar-refractivity contribution in [1.29, 1.82) is 0 Å². The van der Waals surface area contributed by atoms with Gasteiger partial charge in [-0.3, -0.25) is 14.9 Å². The highest BCUT2D eigenvalue weighted by atomic mass is 15.2. The number of hydrogen-bond donors (Lipinski definition) is 1. The molecule has 6 heteroatoms. The van der Waals surface area contributed by atoms with Gasteiger partial charge in [0, 0.05) is 36.9 Å². The molecule has 6 nitrogen and oxygen atoms in total. The van der Waals surface area contributed by atoms with Gasteiger partial charge < -0.3 is 5.32 Å². The second kappa shape index (κ2) is 7.58. The average molecular weight is 346 g/mol. The molecule has 4 heterocycles. The zero-order chi connectivity index (χ0) is 17.8. The highest BCUT2D eigenvalue weighted by molar-refractivity contribution is 5.51. The van der Waals surface area contributed by atoms with Crippen LogP contribution in [0.15, 0.2) is 55.1 Å². The van der Waals surface area contributed by atoms with E-state index in [0.717, 1.165) is 36.7 Å². The molecule has 26 heavy (non-hydrogen) atoms. The third-order valence-electron chi connectivity index (χ3n) is 4.66. The fourth-order valence-electron chi connectivity index (χ4n) is 3.51. The number of rotatable bonds is 5. The van der Waals surface area contributed by atoms with Crippen LogP contribution in [-0.4, -0.2) is 31.4 Å². The standard InChI is InChI=1S/C20H22N6/c1-15-4-2-5-17(24-15)14-26-11-3-6-18(26)16-7-8-22-19(12-16)25-20-13-21-9-10-23-20/h2,4-5,7-10,12-13,18H,3,6,11,14H2,1H3,(H,22,23,25)/t18-/m1/s1. The lowest BCUT2D eigenvalue weighted by Crippen LogP contribution is -2.23. The Kier molecular flexibility index (Phi) is 4.84. The van der Waals surface area contributed by atoms with Crippen molar-refractivity contribution < 1.29 is 0 Å². The van der Waals surface area contributed by atoms with Crippen LogP contribution >= 0.6 is 0 Å². The van der Waals surface area contributed by atoms with Crippen LogP contribution in [0.3, 0.4) is 0 Å². The summed E-state index contributed by atoms with van der Waals surface area (Å²) in [5.41, 5.74) is 3.47. The normalized spacial score (nSPS) is 17.3. The molecule has 0 unspecified atom stereocenters. The molecule has 4 rings (SSSR count). The summed E-state index contributed by atoms with van der Waals surface area (Å²) in [6.45, 7) is 4.01. The Labute approximate surface area is 153 Å². The quantitative estimate of drug-likeness (QED) is 0.760. The molecule has 0 spiro atoms. The number of anilines is 2. The number of hydrogen-bond acceptors (Lipinski definition) is 6. The molecule has 1 N–H and O–H groups in total. The second-order valence-electron chi connectivity index (χ2n) is 6.59. The lowest BCUT2D eigenvalue weighted by molar-refractivity contribution is 0.245. The molecule has 132 valence electrons. The monoisotopic (exact) mass is 346 g/mol. The Morgan fingerprint density at radius 3 is 2.88 bits per heavy atom. The van der Waals surface area contributed by atoms with E-state index in [1.165, 1.54) is 12.0 Å². The summed E-state index contributed by atoms with van der Waals surface area (Å²) in [5, 5.41) is 3.22. The number of nitrogens with one attached hydrogen (secondary N) is 1. The van der Waals surface area contributed by atoms with Gasteiger partial charge in [0.05, 0.1) is 11.9 Å². The summed E-state index contributed by atoms with van der Waals surface area (Å²) in [6, 6.07) is 10.8. The molecular weight excluding hydrogens is 324 g/mol. The topological polar surface area (TPSA) is 66.8 Å². The number of nitrogens with zero attached hydrogens (tertiary/aromatic N) is 5. The molecule has 0 radical (unpaired) electrons. The molecule has 1 aliphatic heterocycles. The molecule has 0 saturated carbocycles. The molecule has 1 saturated heterocycles. The van der Waals surface area contributed by atoms with E-state index in [2.05, 4.69) is 54.4 Å². The molecule has 1 aliphatic rings. The SMILES string of the molecule is Cc1cccc(CN2CCC[C@@H]2c2ccnc(Nc3cnccn3)c2)n1. The number of aromatic nitrogens is 4. The van der Waals surface area contributed by atoms with Crippen molar-refractivity contribution in [1.82, 2.24) is 24.8 Å². The van der Waals surface area contributed by atoms with Crippen LogP contribution in [0.25, 0.3) is 0 Å². The summed E-state index contributed by atoms with van der Waals surface area (Å²) in [7, 11) is 0.